The molecule has 2 aromatic carbocycles. The first-order valence-electron chi connectivity index (χ1n) is 11.8. The number of fused-ring (bicyclic) bond motifs is 1. The van der Waals surface area contributed by atoms with Gasteiger partial charge >= 0.3 is 0 Å². The molecular weight excluding hydrogens is 499 g/mol. The van der Waals surface area contributed by atoms with E-state index >= 15 is 0 Å². The lowest BCUT2D eigenvalue weighted by molar-refractivity contribution is 0.121. The van der Waals surface area contributed by atoms with Crippen molar-refractivity contribution in [2.45, 2.75) is 39.0 Å². The van der Waals surface area contributed by atoms with E-state index in [2.05, 4.69) is 15.3 Å². The molecule has 0 spiro atoms. The Kier molecular flexibility index (Phi) is 8.48. The number of pyridine rings is 1. The summed E-state index contributed by atoms with van der Waals surface area (Å²) in [6.07, 6.45) is 6.28. The third-order valence-electron chi connectivity index (χ3n) is 6.06. The van der Waals surface area contributed by atoms with E-state index < -0.39 is 23.9 Å². The Morgan fingerprint density at radius 2 is 1.84 bits per heavy atom. The number of rotatable bonds is 9. The van der Waals surface area contributed by atoms with Gasteiger partial charge in [-0.15, -0.1) is 0 Å². The standard InChI is InChI=1S/C29H27ClF3N3O/c1-3-5-23(17(2)30)24-6-4-9-34-29(24)27(12-18-10-21(32)14-22(33)11-18)36-28(37)13-19-16-35-26-8-7-20(31)15-25(19)26/h3-11,14-16,27-28,35-37H,12-13H2,1-2H3. The Bertz CT molecular complexity index is 1440. The van der Waals surface area contributed by atoms with E-state index in [1.54, 1.807) is 31.5 Å². The van der Waals surface area contributed by atoms with Gasteiger partial charge in [0.1, 0.15) is 23.7 Å². The first kappa shape index (κ1) is 26.7. The summed E-state index contributed by atoms with van der Waals surface area (Å²) in [5, 5.41) is 15.4. The number of aliphatic hydroxyl groups excluding tert-OH is 1. The first-order chi connectivity index (χ1) is 17.7. The van der Waals surface area contributed by atoms with Crippen molar-refractivity contribution in [1.82, 2.24) is 15.3 Å². The molecule has 8 heteroatoms. The Morgan fingerprint density at radius 3 is 2.54 bits per heavy atom. The molecule has 0 aliphatic heterocycles. The highest BCUT2D eigenvalue weighted by atomic mass is 35.5. The fourth-order valence-electron chi connectivity index (χ4n) is 4.50. The van der Waals surface area contributed by atoms with Gasteiger partial charge in [-0.3, -0.25) is 10.3 Å². The smallest absolute Gasteiger partial charge is 0.126 e. The number of H-pyrrole nitrogens is 1. The Balaban J connectivity index is 1.71. The third kappa shape index (κ3) is 6.49. The van der Waals surface area contributed by atoms with Crippen LogP contribution in [0.4, 0.5) is 13.2 Å². The number of nitrogens with one attached hydrogen (secondary N) is 2. The molecule has 2 heterocycles. The number of halogens is 4. The minimum Gasteiger partial charge on any atom is -0.378 e. The summed E-state index contributed by atoms with van der Waals surface area (Å²) in [7, 11) is 0. The average Bonchev–Trinajstić information content (AvgIpc) is 3.23. The van der Waals surface area contributed by atoms with Gasteiger partial charge in [0.2, 0.25) is 0 Å². The molecule has 192 valence electrons. The molecule has 0 amide bonds. The summed E-state index contributed by atoms with van der Waals surface area (Å²) in [5.41, 5.74) is 3.89. The van der Waals surface area contributed by atoms with Crippen LogP contribution in [0.25, 0.3) is 16.5 Å². The van der Waals surface area contributed by atoms with Crippen LogP contribution in [-0.4, -0.2) is 21.3 Å². The van der Waals surface area contributed by atoms with E-state index in [0.717, 1.165) is 28.3 Å². The van der Waals surface area contributed by atoms with Crippen LogP contribution in [0.2, 0.25) is 0 Å². The quantitative estimate of drug-likeness (QED) is 0.163. The summed E-state index contributed by atoms with van der Waals surface area (Å²) in [5.74, 6) is -1.76. The van der Waals surface area contributed by atoms with Crippen molar-refractivity contribution in [3.05, 3.63) is 118 Å². The molecule has 4 aromatic rings. The zero-order valence-corrected chi connectivity index (χ0v) is 21.2. The molecule has 2 unspecified atom stereocenters. The fourth-order valence-corrected chi connectivity index (χ4v) is 4.66. The number of hydrogen-bond donors (Lipinski definition) is 3. The summed E-state index contributed by atoms with van der Waals surface area (Å²) in [4.78, 5) is 7.65. The number of nitrogens with zero attached hydrogens (tertiary/aromatic N) is 1. The van der Waals surface area contributed by atoms with Gasteiger partial charge in [0.05, 0.1) is 11.7 Å². The zero-order valence-electron chi connectivity index (χ0n) is 20.4. The van der Waals surface area contributed by atoms with Gasteiger partial charge in [-0.05, 0) is 73.4 Å². The second-order valence-electron chi connectivity index (χ2n) is 8.81. The Morgan fingerprint density at radius 1 is 1.08 bits per heavy atom. The minimum absolute atomic E-state index is 0.142. The second kappa shape index (κ2) is 11.8. The highest BCUT2D eigenvalue weighted by Gasteiger charge is 2.23. The molecule has 0 radical (unpaired) electrons. The summed E-state index contributed by atoms with van der Waals surface area (Å²) in [6.45, 7) is 3.64. The van der Waals surface area contributed by atoms with E-state index in [1.165, 1.54) is 24.3 Å². The van der Waals surface area contributed by atoms with Crippen molar-refractivity contribution in [1.29, 1.82) is 0 Å². The number of aromatic amines is 1. The summed E-state index contributed by atoms with van der Waals surface area (Å²) in [6, 6.07) is 10.7. The van der Waals surface area contributed by atoms with Crippen LogP contribution in [0.5, 0.6) is 0 Å². The van der Waals surface area contributed by atoms with Crippen LogP contribution in [0, 0.1) is 17.5 Å². The molecule has 0 saturated heterocycles. The fraction of sp³-hybridized carbons (Fsp3) is 0.207. The molecule has 37 heavy (non-hydrogen) atoms. The number of hydrogen-bond acceptors (Lipinski definition) is 3. The van der Waals surface area contributed by atoms with Crippen LogP contribution in [0.1, 0.15) is 42.3 Å². The highest BCUT2D eigenvalue weighted by Crippen LogP contribution is 2.31. The van der Waals surface area contributed by atoms with Crippen LogP contribution < -0.4 is 5.32 Å². The minimum atomic E-state index is -1.08. The van der Waals surface area contributed by atoms with Gasteiger partial charge in [0.25, 0.3) is 0 Å². The SMILES string of the molecule is CC=CC(=C(C)Cl)c1cccnc1C(Cc1cc(F)cc(F)c1)NC(O)Cc1c[nH]c2ccc(F)cc12. The monoisotopic (exact) mass is 525 g/mol. The van der Waals surface area contributed by atoms with Crippen LogP contribution in [0.15, 0.2) is 78.1 Å². The maximum Gasteiger partial charge on any atom is 0.126 e. The number of aliphatic hydroxyl groups is 1. The molecule has 2 atom stereocenters. The zero-order chi connectivity index (χ0) is 26.5. The predicted octanol–water partition coefficient (Wildman–Crippen LogP) is 6.96. The largest absolute Gasteiger partial charge is 0.378 e. The van der Waals surface area contributed by atoms with Crippen LogP contribution in [0.3, 0.4) is 0 Å². The highest BCUT2D eigenvalue weighted by molar-refractivity contribution is 6.32. The third-order valence-corrected chi connectivity index (χ3v) is 6.27. The van der Waals surface area contributed by atoms with E-state index in [4.69, 9.17) is 11.6 Å². The molecule has 3 N–H and O–H groups in total. The summed E-state index contributed by atoms with van der Waals surface area (Å²) >= 11 is 6.40. The molecule has 0 saturated carbocycles. The maximum atomic E-state index is 14.0. The lowest BCUT2D eigenvalue weighted by Gasteiger charge is -2.25. The molecule has 2 aromatic heterocycles. The van der Waals surface area contributed by atoms with Gasteiger partial charge < -0.3 is 10.1 Å². The van der Waals surface area contributed by atoms with Crippen molar-refractivity contribution in [3.63, 3.8) is 0 Å². The van der Waals surface area contributed by atoms with E-state index in [9.17, 15) is 18.3 Å². The van der Waals surface area contributed by atoms with Gasteiger partial charge in [-0.2, -0.15) is 0 Å². The molecule has 4 rings (SSSR count). The lowest BCUT2D eigenvalue weighted by atomic mass is 9.94. The van der Waals surface area contributed by atoms with Gasteiger partial charge in [-0.1, -0.05) is 29.8 Å². The van der Waals surface area contributed by atoms with Crippen LogP contribution >= 0.6 is 11.6 Å². The van der Waals surface area contributed by atoms with Crippen molar-refractivity contribution < 1.29 is 18.3 Å². The Hall–Kier alpha value is -3.39. The second-order valence-corrected chi connectivity index (χ2v) is 9.38. The normalized spacial score (nSPS) is 14.2. The number of aromatic nitrogens is 2. The number of benzene rings is 2. The Labute approximate surface area is 218 Å². The van der Waals surface area contributed by atoms with Crippen molar-refractivity contribution >= 4 is 28.1 Å². The van der Waals surface area contributed by atoms with Crippen LogP contribution in [-0.2, 0) is 12.8 Å². The molecule has 0 bridgehead atoms. The average molecular weight is 526 g/mol. The van der Waals surface area contributed by atoms with Gasteiger partial charge in [-0.25, -0.2) is 13.2 Å². The van der Waals surface area contributed by atoms with E-state index in [0.29, 0.717) is 21.7 Å². The van der Waals surface area contributed by atoms with E-state index in [-0.39, 0.29) is 18.7 Å². The van der Waals surface area contributed by atoms with Crippen molar-refractivity contribution in [2.24, 2.45) is 0 Å². The maximum absolute atomic E-state index is 14.0. The van der Waals surface area contributed by atoms with E-state index in [1.807, 2.05) is 25.1 Å². The topological polar surface area (TPSA) is 60.9 Å². The van der Waals surface area contributed by atoms with Crippen molar-refractivity contribution in [3.8, 4) is 0 Å². The van der Waals surface area contributed by atoms with Gasteiger partial charge in [0, 0.05) is 46.4 Å². The molecule has 0 fully saturated rings. The van der Waals surface area contributed by atoms with Crippen molar-refractivity contribution in [2.75, 3.05) is 0 Å². The van der Waals surface area contributed by atoms with Gasteiger partial charge in [0.15, 0.2) is 0 Å². The predicted molar refractivity (Wildman–Crippen MR) is 141 cm³/mol. The number of allylic oxidation sites excluding steroid dienone is 4. The molecular formula is C29H27ClF3N3O. The summed E-state index contributed by atoms with van der Waals surface area (Å²) < 4.78 is 41.8. The lowest BCUT2D eigenvalue weighted by Crippen LogP contribution is -2.36. The molecule has 0 aliphatic rings. The first-order valence-corrected chi connectivity index (χ1v) is 12.2. The molecule has 0 aliphatic carbocycles. The molecule has 4 nitrogen and oxygen atoms in total.